The highest BCUT2D eigenvalue weighted by molar-refractivity contribution is 7.98. The average Bonchev–Trinajstić information content (AvgIpc) is 2.70. The molecule has 2 N–H and O–H groups in total. The summed E-state index contributed by atoms with van der Waals surface area (Å²) in [6.07, 6.45) is 2.42. The smallest absolute Gasteiger partial charge is 0.258 e. The highest BCUT2D eigenvalue weighted by Crippen LogP contribution is 2.12. The number of benzene rings is 2. The van der Waals surface area contributed by atoms with E-state index in [9.17, 15) is 9.59 Å². The van der Waals surface area contributed by atoms with Gasteiger partial charge in [-0.15, -0.1) is 0 Å². The van der Waals surface area contributed by atoms with Crippen molar-refractivity contribution in [3.05, 3.63) is 60.2 Å². The lowest BCUT2D eigenvalue weighted by molar-refractivity contribution is -0.127. The van der Waals surface area contributed by atoms with Crippen LogP contribution in [0.15, 0.2) is 54.6 Å². The predicted molar refractivity (Wildman–Crippen MR) is 107 cm³/mol. The molecule has 0 aromatic heterocycles. The number of nitriles is 1. The van der Waals surface area contributed by atoms with Crippen LogP contribution in [0.2, 0.25) is 0 Å². The van der Waals surface area contributed by atoms with Gasteiger partial charge in [0.25, 0.3) is 5.91 Å². The van der Waals surface area contributed by atoms with Crippen molar-refractivity contribution in [3.8, 4) is 11.8 Å². The molecular formula is C20H21N3O3S. The van der Waals surface area contributed by atoms with Gasteiger partial charge >= 0.3 is 0 Å². The van der Waals surface area contributed by atoms with E-state index < -0.39 is 6.04 Å². The van der Waals surface area contributed by atoms with Crippen molar-refractivity contribution >= 4 is 29.3 Å². The minimum absolute atomic E-state index is 0.170. The molecule has 0 aliphatic rings. The second kappa shape index (κ2) is 10.9. The van der Waals surface area contributed by atoms with E-state index in [4.69, 9.17) is 10.00 Å². The molecule has 0 radical (unpaired) electrons. The first-order chi connectivity index (χ1) is 13.1. The molecule has 140 valence electrons. The summed E-state index contributed by atoms with van der Waals surface area (Å²) in [7, 11) is 0. The molecule has 2 aromatic carbocycles. The molecule has 2 rings (SSSR count). The van der Waals surface area contributed by atoms with E-state index in [0.717, 1.165) is 5.75 Å². The molecule has 6 nitrogen and oxygen atoms in total. The van der Waals surface area contributed by atoms with Crippen molar-refractivity contribution in [3.63, 3.8) is 0 Å². The number of thioether (sulfide) groups is 1. The van der Waals surface area contributed by atoms with Crippen LogP contribution in [0.1, 0.15) is 12.0 Å². The zero-order valence-corrected chi connectivity index (χ0v) is 15.8. The largest absolute Gasteiger partial charge is 0.484 e. The van der Waals surface area contributed by atoms with E-state index in [-0.39, 0.29) is 18.4 Å². The predicted octanol–water partition coefficient (Wildman–Crippen LogP) is 2.81. The van der Waals surface area contributed by atoms with Gasteiger partial charge in [-0.25, -0.2) is 0 Å². The molecule has 0 heterocycles. The first-order valence-corrected chi connectivity index (χ1v) is 9.79. The third-order valence-corrected chi connectivity index (χ3v) is 4.28. The number of nitrogens with one attached hydrogen (secondary N) is 2. The maximum Gasteiger partial charge on any atom is 0.258 e. The lowest BCUT2D eigenvalue weighted by atomic mass is 10.1. The second-order valence-corrected chi connectivity index (χ2v) is 6.67. The Bertz CT molecular complexity index is 806. The fourth-order valence-electron chi connectivity index (χ4n) is 2.30. The molecule has 27 heavy (non-hydrogen) atoms. The number of amides is 2. The molecule has 0 aliphatic heterocycles. The third-order valence-electron chi connectivity index (χ3n) is 3.63. The fourth-order valence-corrected chi connectivity index (χ4v) is 2.77. The van der Waals surface area contributed by atoms with Crippen molar-refractivity contribution in [1.29, 1.82) is 5.26 Å². The van der Waals surface area contributed by atoms with E-state index in [1.54, 1.807) is 48.2 Å². The van der Waals surface area contributed by atoms with Gasteiger partial charge in [0.2, 0.25) is 5.91 Å². The summed E-state index contributed by atoms with van der Waals surface area (Å²) in [5.41, 5.74) is 0.969. The fraction of sp³-hybridized carbons (Fsp3) is 0.250. The minimum Gasteiger partial charge on any atom is -0.484 e. The summed E-state index contributed by atoms with van der Waals surface area (Å²) >= 11 is 1.59. The van der Waals surface area contributed by atoms with Crippen molar-refractivity contribution in [2.45, 2.75) is 12.5 Å². The third kappa shape index (κ3) is 7.04. The van der Waals surface area contributed by atoms with Gasteiger partial charge in [0.1, 0.15) is 11.8 Å². The molecule has 1 atom stereocenters. The lowest BCUT2D eigenvalue weighted by Crippen LogP contribution is -2.45. The van der Waals surface area contributed by atoms with Gasteiger partial charge in [-0.05, 0) is 48.8 Å². The van der Waals surface area contributed by atoms with E-state index >= 15 is 0 Å². The van der Waals surface area contributed by atoms with Gasteiger partial charge in [-0.3, -0.25) is 9.59 Å². The SMILES string of the molecule is CSCC[C@H](NC(=O)COc1ccccc1)C(=O)Nc1cccc(C#N)c1. The molecule has 2 amide bonds. The number of anilines is 1. The molecule has 0 spiro atoms. The number of carbonyl (C=O) groups excluding carboxylic acids is 2. The summed E-state index contributed by atoms with van der Waals surface area (Å²) in [6, 6.07) is 17.0. The Balaban J connectivity index is 1.95. The van der Waals surface area contributed by atoms with Crippen LogP contribution in [0.5, 0.6) is 5.75 Å². The Morgan fingerprint density at radius 1 is 1.19 bits per heavy atom. The quantitative estimate of drug-likeness (QED) is 0.695. The van der Waals surface area contributed by atoms with Gasteiger partial charge in [0, 0.05) is 5.69 Å². The molecule has 2 aromatic rings. The summed E-state index contributed by atoms with van der Waals surface area (Å²) in [6.45, 7) is -0.170. The van der Waals surface area contributed by atoms with Crippen LogP contribution >= 0.6 is 11.8 Å². The molecule has 0 aliphatic carbocycles. The number of nitrogens with zero attached hydrogens (tertiary/aromatic N) is 1. The first-order valence-electron chi connectivity index (χ1n) is 8.39. The van der Waals surface area contributed by atoms with Crippen LogP contribution in [0.3, 0.4) is 0 Å². The number of carbonyl (C=O) groups is 2. The van der Waals surface area contributed by atoms with E-state index in [1.165, 1.54) is 0 Å². The first kappa shape index (κ1) is 20.3. The number of ether oxygens (including phenoxy) is 1. The van der Waals surface area contributed by atoms with E-state index in [0.29, 0.717) is 23.4 Å². The zero-order chi connectivity index (χ0) is 19.5. The Labute approximate surface area is 162 Å². The van der Waals surface area contributed by atoms with Crippen LogP contribution in [-0.2, 0) is 9.59 Å². The highest BCUT2D eigenvalue weighted by atomic mass is 32.2. The van der Waals surface area contributed by atoms with Crippen molar-refractivity contribution in [2.24, 2.45) is 0 Å². The maximum atomic E-state index is 12.6. The van der Waals surface area contributed by atoms with Gasteiger partial charge < -0.3 is 15.4 Å². The normalized spacial score (nSPS) is 11.1. The summed E-state index contributed by atoms with van der Waals surface area (Å²) in [5, 5.41) is 14.4. The highest BCUT2D eigenvalue weighted by Gasteiger charge is 2.21. The zero-order valence-electron chi connectivity index (χ0n) is 15.0. The summed E-state index contributed by atoms with van der Waals surface area (Å²) in [5.74, 6) is 0.611. The number of hydrogen-bond acceptors (Lipinski definition) is 5. The second-order valence-electron chi connectivity index (χ2n) is 5.69. The van der Waals surface area contributed by atoms with E-state index in [2.05, 4.69) is 10.6 Å². The monoisotopic (exact) mass is 383 g/mol. The average molecular weight is 383 g/mol. The number of rotatable bonds is 9. The molecule has 0 saturated heterocycles. The molecule has 0 bridgehead atoms. The van der Waals surface area contributed by atoms with Crippen LogP contribution < -0.4 is 15.4 Å². The van der Waals surface area contributed by atoms with Crippen molar-refractivity contribution in [2.75, 3.05) is 23.9 Å². The number of hydrogen-bond donors (Lipinski definition) is 2. The topological polar surface area (TPSA) is 91.2 Å². The van der Waals surface area contributed by atoms with Crippen molar-refractivity contribution in [1.82, 2.24) is 5.32 Å². The van der Waals surface area contributed by atoms with Crippen LogP contribution in [0.4, 0.5) is 5.69 Å². The molecular weight excluding hydrogens is 362 g/mol. The molecule has 0 saturated carbocycles. The van der Waals surface area contributed by atoms with Gasteiger partial charge in [0.05, 0.1) is 11.6 Å². The van der Waals surface area contributed by atoms with E-state index in [1.807, 2.05) is 30.5 Å². The Kier molecular flexibility index (Phi) is 8.20. The number of para-hydroxylation sites is 1. The van der Waals surface area contributed by atoms with Gasteiger partial charge in [-0.2, -0.15) is 17.0 Å². The van der Waals surface area contributed by atoms with Crippen LogP contribution in [0.25, 0.3) is 0 Å². The van der Waals surface area contributed by atoms with Gasteiger partial charge in [-0.1, -0.05) is 24.3 Å². The Morgan fingerprint density at radius 2 is 1.96 bits per heavy atom. The maximum absolute atomic E-state index is 12.6. The lowest BCUT2D eigenvalue weighted by Gasteiger charge is -2.18. The summed E-state index contributed by atoms with van der Waals surface area (Å²) < 4.78 is 5.42. The van der Waals surface area contributed by atoms with Crippen molar-refractivity contribution < 1.29 is 14.3 Å². The molecule has 0 unspecified atom stereocenters. The molecule has 7 heteroatoms. The standard InChI is InChI=1S/C20H21N3O3S/c1-27-11-10-18(20(25)22-16-7-5-6-15(12-16)13-21)23-19(24)14-26-17-8-3-2-4-9-17/h2-9,12,18H,10-11,14H2,1H3,(H,22,25)(H,23,24)/t18-/m0/s1. The molecule has 0 fully saturated rings. The van der Waals surface area contributed by atoms with Crippen LogP contribution in [-0.4, -0.2) is 36.5 Å². The van der Waals surface area contributed by atoms with Gasteiger partial charge in [0.15, 0.2) is 6.61 Å². The Morgan fingerprint density at radius 3 is 2.67 bits per heavy atom. The minimum atomic E-state index is -0.685. The summed E-state index contributed by atoms with van der Waals surface area (Å²) in [4.78, 5) is 24.8. The Hall–Kier alpha value is -2.98. The van der Waals surface area contributed by atoms with Crippen LogP contribution in [0, 0.1) is 11.3 Å².